The summed E-state index contributed by atoms with van der Waals surface area (Å²) in [6, 6.07) is 7.96. The topological polar surface area (TPSA) is 95.2 Å². The van der Waals surface area contributed by atoms with Gasteiger partial charge in [-0.15, -0.1) is 0 Å². The molecule has 0 radical (unpaired) electrons. The summed E-state index contributed by atoms with van der Waals surface area (Å²) in [6.45, 7) is 3.96. The van der Waals surface area contributed by atoms with E-state index in [2.05, 4.69) is 43.6 Å². The summed E-state index contributed by atoms with van der Waals surface area (Å²) in [6.07, 6.45) is 9.18. The van der Waals surface area contributed by atoms with Gasteiger partial charge in [0.25, 0.3) is 5.91 Å². The molecule has 5 heterocycles. The van der Waals surface area contributed by atoms with Crippen molar-refractivity contribution in [1.29, 1.82) is 0 Å². The van der Waals surface area contributed by atoms with Crippen LogP contribution in [0.15, 0.2) is 36.7 Å². The smallest absolute Gasteiger partial charge is 0.258 e. The van der Waals surface area contributed by atoms with Gasteiger partial charge in [-0.3, -0.25) is 9.69 Å². The molecule has 2 saturated heterocycles. The van der Waals surface area contributed by atoms with Crippen LogP contribution in [0, 0.1) is 5.92 Å². The third-order valence-corrected chi connectivity index (χ3v) is 6.88. The molecule has 0 bridgehead atoms. The number of hydrogen-bond donors (Lipinski definition) is 3. The van der Waals surface area contributed by atoms with E-state index in [0.29, 0.717) is 29.9 Å². The Bertz CT molecular complexity index is 1090. The Labute approximate surface area is 194 Å². The van der Waals surface area contributed by atoms with Gasteiger partial charge in [-0.05, 0) is 76.8 Å². The molecule has 3 aromatic rings. The number of aromatic nitrogens is 3. The van der Waals surface area contributed by atoms with E-state index < -0.39 is 0 Å². The number of nitrogens with one attached hydrogen (secondary N) is 3. The number of ether oxygens (including phenoxy) is 1. The Morgan fingerprint density at radius 1 is 1.18 bits per heavy atom. The van der Waals surface area contributed by atoms with Crippen LogP contribution in [0.3, 0.4) is 0 Å². The van der Waals surface area contributed by atoms with Crippen LogP contribution in [-0.4, -0.2) is 59.0 Å². The predicted molar refractivity (Wildman–Crippen MR) is 129 cm³/mol. The fourth-order valence-electron chi connectivity index (χ4n) is 4.89. The van der Waals surface area contributed by atoms with Crippen LogP contribution in [0.25, 0.3) is 10.9 Å². The van der Waals surface area contributed by atoms with Gasteiger partial charge in [-0.2, -0.15) is 0 Å². The molecular formula is C25H32N6O2. The van der Waals surface area contributed by atoms with Crippen LogP contribution >= 0.6 is 0 Å². The van der Waals surface area contributed by atoms with Crippen molar-refractivity contribution < 1.29 is 9.53 Å². The molecule has 3 N–H and O–H groups in total. The number of rotatable bonds is 7. The number of likely N-dealkylation sites (tertiary alicyclic amines) is 1. The number of H-pyrrole nitrogens is 1. The number of piperidine rings is 1. The summed E-state index contributed by atoms with van der Waals surface area (Å²) in [7, 11) is 2.16. The number of carbonyl (C=O) groups excluding carboxylic acids is 1. The van der Waals surface area contributed by atoms with Gasteiger partial charge in [0.15, 0.2) is 0 Å². The maximum atomic E-state index is 12.7. The first-order valence-electron chi connectivity index (χ1n) is 12.0. The number of fused-ring (bicyclic) bond motifs is 1. The summed E-state index contributed by atoms with van der Waals surface area (Å²) in [5.74, 6) is 1.55. The summed E-state index contributed by atoms with van der Waals surface area (Å²) in [5, 5.41) is 7.31. The van der Waals surface area contributed by atoms with E-state index >= 15 is 0 Å². The lowest BCUT2D eigenvalue weighted by Gasteiger charge is -2.22. The van der Waals surface area contributed by atoms with E-state index in [9.17, 15) is 4.79 Å². The molecular weight excluding hydrogens is 416 g/mol. The minimum atomic E-state index is -0.238. The number of nitrogens with zero attached hydrogens (tertiary/aromatic N) is 3. The van der Waals surface area contributed by atoms with E-state index in [0.717, 1.165) is 49.3 Å². The monoisotopic (exact) mass is 448 g/mol. The number of amides is 1. The lowest BCUT2D eigenvalue weighted by atomic mass is 9.95. The van der Waals surface area contributed by atoms with Crippen molar-refractivity contribution >= 4 is 22.6 Å². The van der Waals surface area contributed by atoms with E-state index in [1.54, 1.807) is 24.5 Å². The molecule has 0 aliphatic carbocycles. The number of hydrogen-bond acceptors (Lipinski definition) is 6. The van der Waals surface area contributed by atoms with Crippen LogP contribution < -0.4 is 15.4 Å². The average molecular weight is 449 g/mol. The zero-order valence-corrected chi connectivity index (χ0v) is 19.1. The number of anilines is 1. The van der Waals surface area contributed by atoms with Gasteiger partial charge in [-0.25, -0.2) is 9.97 Å². The van der Waals surface area contributed by atoms with Crippen molar-refractivity contribution in [3.8, 4) is 5.88 Å². The minimum absolute atomic E-state index is 0.238. The van der Waals surface area contributed by atoms with Crippen LogP contribution in [0.2, 0.25) is 0 Å². The molecule has 0 aromatic carbocycles. The highest BCUT2D eigenvalue weighted by molar-refractivity contribution is 6.04. The highest BCUT2D eigenvalue weighted by atomic mass is 16.5. The van der Waals surface area contributed by atoms with Crippen molar-refractivity contribution in [1.82, 2.24) is 25.2 Å². The van der Waals surface area contributed by atoms with E-state index in [1.807, 2.05) is 6.07 Å². The van der Waals surface area contributed by atoms with Gasteiger partial charge in [0.05, 0.1) is 17.7 Å². The molecule has 8 heteroatoms. The molecule has 1 atom stereocenters. The molecule has 0 saturated carbocycles. The molecule has 1 amide bonds. The Hall–Kier alpha value is -2.97. The summed E-state index contributed by atoms with van der Waals surface area (Å²) in [4.78, 5) is 27.3. The number of carbonyl (C=O) groups is 1. The Balaban J connectivity index is 1.17. The summed E-state index contributed by atoms with van der Waals surface area (Å²) in [5.41, 5.74) is 2.66. The fraction of sp³-hybridized carbons (Fsp3) is 0.480. The highest BCUT2D eigenvalue weighted by Gasteiger charge is 2.24. The first-order chi connectivity index (χ1) is 16.2. The van der Waals surface area contributed by atoms with Crippen molar-refractivity contribution in [2.45, 2.75) is 38.1 Å². The van der Waals surface area contributed by atoms with Crippen molar-refractivity contribution in [2.24, 2.45) is 5.92 Å². The Morgan fingerprint density at radius 3 is 2.82 bits per heavy atom. The molecule has 0 spiro atoms. The Kier molecular flexibility index (Phi) is 6.55. The number of pyridine rings is 2. The fourth-order valence-corrected chi connectivity index (χ4v) is 4.89. The molecule has 5 rings (SSSR count). The van der Waals surface area contributed by atoms with Crippen molar-refractivity contribution in [3.63, 3.8) is 0 Å². The normalized spacial score (nSPS) is 19.7. The maximum absolute atomic E-state index is 12.7. The Morgan fingerprint density at radius 2 is 2.06 bits per heavy atom. The van der Waals surface area contributed by atoms with Crippen LogP contribution in [-0.2, 0) is 0 Å². The molecule has 2 aliphatic rings. The zero-order valence-electron chi connectivity index (χ0n) is 19.1. The third kappa shape index (κ3) is 5.17. The second kappa shape index (κ2) is 9.89. The highest BCUT2D eigenvalue weighted by Crippen LogP contribution is 2.32. The van der Waals surface area contributed by atoms with Crippen molar-refractivity contribution in [2.75, 3.05) is 38.6 Å². The molecule has 8 nitrogen and oxygen atoms in total. The molecule has 2 fully saturated rings. The lowest BCUT2D eigenvalue weighted by molar-refractivity contribution is 0.102. The van der Waals surface area contributed by atoms with Crippen molar-refractivity contribution in [3.05, 3.63) is 47.9 Å². The first-order valence-corrected chi connectivity index (χ1v) is 12.0. The quantitative estimate of drug-likeness (QED) is 0.510. The number of aromatic amines is 1. The van der Waals surface area contributed by atoms with Crippen LogP contribution in [0.1, 0.15) is 54.2 Å². The molecule has 0 unspecified atom stereocenters. The second-order valence-corrected chi connectivity index (χ2v) is 9.19. The van der Waals surface area contributed by atoms with Gasteiger partial charge in [-0.1, -0.05) is 0 Å². The van der Waals surface area contributed by atoms with Crippen LogP contribution in [0.4, 0.5) is 5.82 Å². The lowest BCUT2D eigenvalue weighted by Crippen LogP contribution is -2.28. The van der Waals surface area contributed by atoms with E-state index in [4.69, 9.17) is 4.74 Å². The third-order valence-electron chi connectivity index (χ3n) is 6.88. The second-order valence-electron chi connectivity index (χ2n) is 9.19. The van der Waals surface area contributed by atoms with Gasteiger partial charge in [0, 0.05) is 41.6 Å². The van der Waals surface area contributed by atoms with E-state index in [1.165, 1.54) is 25.0 Å². The largest absolute Gasteiger partial charge is 0.478 e. The first kappa shape index (κ1) is 21.9. The zero-order chi connectivity index (χ0) is 22.6. The van der Waals surface area contributed by atoms with Gasteiger partial charge in [0.1, 0.15) is 5.82 Å². The predicted octanol–water partition coefficient (Wildman–Crippen LogP) is 3.75. The van der Waals surface area contributed by atoms with E-state index in [-0.39, 0.29) is 5.91 Å². The standard InChI is InChI=1S/C25H32N6O2/c1-31-11-2-3-22(31)21-13-19-16-27-23(14-20(19)29-21)30-25(32)18-4-5-24(28-15-18)33-12-8-17-6-9-26-10-7-17/h4-5,13-17,22,26,29H,2-3,6-12H2,1H3,(H,27,30,32)/t22-/m1/s1. The van der Waals surface area contributed by atoms with Gasteiger partial charge < -0.3 is 20.4 Å². The maximum Gasteiger partial charge on any atom is 0.258 e. The van der Waals surface area contributed by atoms with Gasteiger partial charge >= 0.3 is 0 Å². The molecule has 2 aliphatic heterocycles. The molecule has 3 aromatic heterocycles. The van der Waals surface area contributed by atoms with Gasteiger partial charge in [0.2, 0.25) is 5.88 Å². The minimum Gasteiger partial charge on any atom is -0.478 e. The van der Waals surface area contributed by atoms with Crippen LogP contribution in [0.5, 0.6) is 5.88 Å². The summed E-state index contributed by atoms with van der Waals surface area (Å²) >= 11 is 0. The SMILES string of the molecule is CN1CCC[C@@H]1c1cc2cnc(NC(=O)c3ccc(OCCC4CCNCC4)nc3)cc2[nH]1. The summed E-state index contributed by atoms with van der Waals surface area (Å²) < 4.78 is 5.78. The molecule has 33 heavy (non-hydrogen) atoms. The average Bonchev–Trinajstić information content (AvgIpc) is 3.45. The molecule has 174 valence electrons.